The van der Waals surface area contributed by atoms with Crippen molar-refractivity contribution in [2.24, 2.45) is 0 Å². The van der Waals surface area contributed by atoms with Crippen molar-refractivity contribution >= 4 is 18.4 Å². The number of ketones is 1. The zero-order valence-corrected chi connectivity index (χ0v) is 9.21. The summed E-state index contributed by atoms with van der Waals surface area (Å²) in [7, 11) is 0. The number of thiol groups is 1. The second kappa shape index (κ2) is 4.15. The van der Waals surface area contributed by atoms with E-state index in [1.165, 1.54) is 13.8 Å². The van der Waals surface area contributed by atoms with Crippen molar-refractivity contribution in [1.29, 1.82) is 0 Å². The van der Waals surface area contributed by atoms with Gasteiger partial charge in [0, 0.05) is 11.3 Å². The van der Waals surface area contributed by atoms with Crippen LogP contribution in [0.4, 0.5) is 0 Å². The summed E-state index contributed by atoms with van der Waals surface area (Å²) in [6, 6.07) is 7.11. The lowest BCUT2D eigenvalue weighted by molar-refractivity contribution is 0.0488. The van der Waals surface area contributed by atoms with Gasteiger partial charge in [0.25, 0.3) is 0 Å². The van der Waals surface area contributed by atoms with Crippen LogP contribution < -0.4 is 0 Å². The van der Waals surface area contributed by atoms with Gasteiger partial charge < -0.3 is 5.11 Å². The fourth-order valence-electron chi connectivity index (χ4n) is 1.11. The maximum Gasteiger partial charge on any atom is 0.193 e. The number of benzene rings is 1. The average molecular weight is 210 g/mol. The molecule has 1 N–H and O–H groups in total. The fraction of sp³-hybridized carbons (Fsp3) is 0.364. The van der Waals surface area contributed by atoms with Gasteiger partial charge in [-0.25, -0.2) is 0 Å². The van der Waals surface area contributed by atoms with Crippen LogP contribution in [0.5, 0.6) is 0 Å². The van der Waals surface area contributed by atoms with E-state index in [0.29, 0.717) is 11.3 Å². The Morgan fingerprint density at radius 2 is 1.86 bits per heavy atom. The van der Waals surface area contributed by atoms with Crippen LogP contribution in [0.1, 0.15) is 29.8 Å². The molecule has 1 rings (SSSR count). The predicted molar refractivity (Wildman–Crippen MR) is 59.8 cm³/mol. The van der Waals surface area contributed by atoms with Crippen LogP contribution in [0.2, 0.25) is 0 Å². The van der Waals surface area contributed by atoms with E-state index in [0.717, 1.165) is 5.56 Å². The maximum atomic E-state index is 11.6. The van der Waals surface area contributed by atoms with Crippen molar-refractivity contribution in [3.63, 3.8) is 0 Å². The van der Waals surface area contributed by atoms with E-state index in [-0.39, 0.29) is 5.78 Å². The van der Waals surface area contributed by atoms with Crippen molar-refractivity contribution in [3.8, 4) is 0 Å². The summed E-state index contributed by atoms with van der Waals surface area (Å²) in [6.07, 6.45) is 0. The third kappa shape index (κ3) is 2.59. The van der Waals surface area contributed by atoms with Gasteiger partial charge in [-0.15, -0.1) is 0 Å². The summed E-state index contributed by atoms with van der Waals surface area (Å²) in [6.45, 7) is 2.98. The Labute approximate surface area is 89.4 Å². The average Bonchev–Trinajstić information content (AvgIpc) is 2.15. The molecule has 0 heterocycles. The molecule has 0 saturated carbocycles. The van der Waals surface area contributed by atoms with E-state index >= 15 is 0 Å². The zero-order chi connectivity index (χ0) is 10.8. The molecule has 0 radical (unpaired) electrons. The van der Waals surface area contributed by atoms with Crippen molar-refractivity contribution in [2.45, 2.75) is 25.2 Å². The molecule has 2 nitrogen and oxygen atoms in total. The number of carbonyl (C=O) groups excluding carboxylic acids is 1. The number of Topliss-reactive ketones (excluding diaryl/α,β-unsaturated/α-hetero) is 1. The molecule has 1 aromatic rings. The Morgan fingerprint density at radius 3 is 2.21 bits per heavy atom. The highest BCUT2D eigenvalue weighted by atomic mass is 32.1. The quantitative estimate of drug-likeness (QED) is 0.592. The molecular formula is C11H14O2S. The molecule has 3 heteroatoms. The molecule has 0 aromatic heterocycles. The number of carbonyl (C=O) groups is 1. The number of aliphatic hydroxyl groups is 1. The van der Waals surface area contributed by atoms with Gasteiger partial charge in [-0.1, -0.05) is 24.3 Å². The predicted octanol–water partition coefficient (Wildman–Crippen LogP) is 2.07. The lowest BCUT2D eigenvalue weighted by Crippen LogP contribution is -2.30. The second-order valence-corrected chi connectivity index (χ2v) is 4.06. The Balaban J connectivity index is 2.93. The first-order valence-electron chi connectivity index (χ1n) is 4.42. The molecule has 0 amide bonds. The second-order valence-electron chi connectivity index (χ2n) is 3.74. The monoisotopic (exact) mass is 210 g/mol. The first-order chi connectivity index (χ1) is 6.45. The van der Waals surface area contributed by atoms with Crippen LogP contribution in [0.15, 0.2) is 24.3 Å². The van der Waals surface area contributed by atoms with Crippen LogP contribution in [0.3, 0.4) is 0 Å². The molecule has 14 heavy (non-hydrogen) atoms. The minimum absolute atomic E-state index is 0.261. The molecule has 0 aliphatic rings. The summed E-state index contributed by atoms with van der Waals surface area (Å²) in [5, 5.41) is 9.50. The molecule has 0 atom stereocenters. The minimum atomic E-state index is -1.30. The van der Waals surface area contributed by atoms with Crippen LogP contribution in [-0.2, 0) is 5.75 Å². The first kappa shape index (κ1) is 11.3. The summed E-state index contributed by atoms with van der Waals surface area (Å²) >= 11 is 4.12. The highest BCUT2D eigenvalue weighted by molar-refractivity contribution is 7.79. The van der Waals surface area contributed by atoms with Crippen molar-refractivity contribution in [3.05, 3.63) is 35.4 Å². The number of rotatable bonds is 3. The largest absolute Gasteiger partial charge is 0.382 e. The highest BCUT2D eigenvalue weighted by Gasteiger charge is 2.24. The summed E-state index contributed by atoms with van der Waals surface area (Å²) < 4.78 is 0. The van der Waals surface area contributed by atoms with Crippen molar-refractivity contribution < 1.29 is 9.90 Å². The molecule has 0 bridgehead atoms. The Bertz CT molecular complexity index is 322. The summed E-state index contributed by atoms with van der Waals surface area (Å²) in [5.41, 5.74) is 0.284. The molecule has 1 aromatic carbocycles. The highest BCUT2D eigenvalue weighted by Crippen LogP contribution is 2.14. The third-order valence-corrected chi connectivity index (χ3v) is 2.32. The molecule has 0 fully saturated rings. The van der Waals surface area contributed by atoms with Gasteiger partial charge in [-0.2, -0.15) is 12.6 Å². The van der Waals surface area contributed by atoms with Gasteiger partial charge in [0.15, 0.2) is 5.78 Å². The van der Waals surface area contributed by atoms with Crippen molar-refractivity contribution in [2.75, 3.05) is 0 Å². The molecule has 0 aliphatic carbocycles. The van der Waals surface area contributed by atoms with Crippen LogP contribution >= 0.6 is 12.6 Å². The summed E-state index contributed by atoms with van der Waals surface area (Å²) in [4.78, 5) is 11.6. The van der Waals surface area contributed by atoms with Crippen LogP contribution in [0, 0.1) is 0 Å². The fourth-order valence-corrected chi connectivity index (χ4v) is 1.33. The lowest BCUT2D eigenvalue weighted by atomic mass is 9.96. The standard InChI is InChI=1S/C11H14O2S/c1-11(2,13)10(12)9-5-3-8(7-14)4-6-9/h3-6,13-14H,7H2,1-2H3. The van der Waals surface area contributed by atoms with E-state index < -0.39 is 5.60 Å². The molecule has 76 valence electrons. The molecule has 0 unspecified atom stereocenters. The van der Waals surface area contributed by atoms with Gasteiger partial charge in [-0.05, 0) is 19.4 Å². The van der Waals surface area contributed by atoms with E-state index in [9.17, 15) is 9.90 Å². The maximum absolute atomic E-state index is 11.6. The van der Waals surface area contributed by atoms with E-state index in [4.69, 9.17) is 0 Å². The Morgan fingerprint density at radius 1 is 1.36 bits per heavy atom. The molecule has 0 saturated heterocycles. The van der Waals surface area contributed by atoms with E-state index in [1.807, 2.05) is 12.1 Å². The number of hydrogen-bond donors (Lipinski definition) is 2. The van der Waals surface area contributed by atoms with Crippen LogP contribution in [-0.4, -0.2) is 16.5 Å². The minimum Gasteiger partial charge on any atom is -0.382 e. The van der Waals surface area contributed by atoms with E-state index in [2.05, 4.69) is 12.6 Å². The topological polar surface area (TPSA) is 37.3 Å². The Kier molecular flexibility index (Phi) is 3.34. The SMILES string of the molecule is CC(C)(O)C(=O)c1ccc(CS)cc1. The molecule has 0 aliphatic heterocycles. The summed E-state index contributed by atoms with van der Waals surface area (Å²) in [5.74, 6) is 0.389. The van der Waals surface area contributed by atoms with Gasteiger partial charge in [0.1, 0.15) is 5.60 Å². The van der Waals surface area contributed by atoms with Gasteiger partial charge >= 0.3 is 0 Å². The Hall–Kier alpha value is -0.800. The van der Waals surface area contributed by atoms with E-state index in [1.54, 1.807) is 12.1 Å². The first-order valence-corrected chi connectivity index (χ1v) is 5.05. The van der Waals surface area contributed by atoms with Crippen molar-refractivity contribution in [1.82, 2.24) is 0 Å². The van der Waals surface area contributed by atoms with Gasteiger partial charge in [0.05, 0.1) is 0 Å². The van der Waals surface area contributed by atoms with Crippen LogP contribution in [0.25, 0.3) is 0 Å². The van der Waals surface area contributed by atoms with Gasteiger partial charge in [0.2, 0.25) is 0 Å². The zero-order valence-electron chi connectivity index (χ0n) is 8.32. The smallest absolute Gasteiger partial charge is 0.193 e. The number of hydrogen-bond acceptors (Lipinski definition) is 3. The third-order valence-electron chi connectivity index (χ3n) is 1.95. The molecular weight excluding hydrogens is 196 g/mol. The van der Waals surface area contributed by atoms with Gasteiger partial charge in [-0.3, -0.25) is 4.79 Å². The normalized spacial score (nSPS) is 11.4. The molecule has 0 spiro atoms. The lowest BCUT2D eigenvalue weighted by Gasteiger charge is -2.15.